The molecule has 0 aliphatic heterocycles. The molecule has 2 unspecified atom stereocenters. The number of halogens is 2. The Kier molecular flexibility index (Phi) is 4.44. The van der Waals surface area contributed by atoms with Crippen LogP contribution in [0.25, 0.3) is 0 Å². The molecule has 0 amide bonds. The van der Waals surface area contributed by atoms with E-state index in [0.29, 0.717) is 5.02 Å². The molecule has 1 aliphatic rings. The highest BCUT2D eigenvalue weighted by molar-refractivity contribution is 14.1. The number of benzene rings is 1. The fourth-order valence-electron chi connectivity index (χ4n) is 2.41. The number of sulfone groups is 1. The van der Waals surface area contributed by atoms with Gasteiger partial charge in [0.2, 0.25) is 0 Å². The van der Waals surface area contributed by atoms with E-state index in [2.05, 4.69) is 27.9 Å². The van der Waals surface area contributed by atoms with Crippen molar-refractivity contribution in [2.24, 2.45) is 0 Å². The lowest BCUT2D eigenvalue weighted by atomic mass is 10.2. The maximum Gasteiger partial charge on any atom is 0.152 e. The Balaban J connectivity index is 2.18. The van der Waals surface area contributed by atoms with E-state index in [1.54, 1.807) is 0 Å². The third-order valence-corrected chi connectivity index (χ3v) is 6.07. The second-order valence-corrected chi connectivity index (χ2v) is 8.54. The maximum atomic E-state index is 11.7. The van der Waals surface area contributed by atoms with Crippen molar-refractivity contribution in [3.63, 3.8) is 0 Å². The van der Waals surface area contributed by atoms with Crippen molar-refractivity contribution in [1.82, 2.24) is 0 Å². The summed E-state index contributed by atoms with van der Waals surface area (Å²) in [6.45, 7) is 0. The summed E-state index contributed by atoms with van der Waals surface area (Å²) in [6, 6.07) is 5.60. The Morgan fingerprint density at radius 1 is 1.39 bits per heavy atom. The summed E-state index contributed by atoms with van der Waals surface area (Å²) in [5.74, 6) is 0. The molecule has 0 aromatic heterocycles. The molecule has 1 fully saturated rings. The fourth-order valence-corrected chi connectivity index (χ4v) is 4.83. The van der Waals surface area contributed by atoms with Crippen molar-refractivity contribution in [2.75, 3.05) is 11.6 Å². The van der Waals surface area contributed by atoms with Crippen LogP contribution in [-0.4, -0.2) is 26.0 Å². The van der Waals surface area contributed by atoms with Gasteiger partial charge in [0, 0.05) is 26.6 Å². The summed E-state index contributed by atoms with van der Waals surface area (Å²) in [5, 5.41) is 3.76. The predicted octanol–water partition coefficient (Wildman–Crippen LogP) is 3.32. The monoisotopic (exact) mass is 399 g/mol. The van der Waals surface area contributed by atoms with Crippen LogP contribution in [0.5, 0.6) is 0 Å². The molecular weight excluding hydrogens is 385 g/mol. The fraction of sp³-hybridized carbons (Fsp3) is 0.500. The largest absolute Gasteiger partial charge is 0.380 e. The zero-order valence-electron chi connectivity index (χ0n) is 9.99. The molecule has 0 bridgehead atoms. The van der Waals surface area contributed by atoms with Crippen LogP contribution in [0.2, 0.25) is 5.02 Å². The molecule has 1 saturated carbocycles. The van der Waals surface area contributed by atoms with Gasteiger partial charge in [-0.15, -0.1) is 0 Å². The van der Waals surface area contributed by atoms with E-state index in [9.17, 15) is 8.42 Å². The highest BCUT2D eigenvalue weighted by atomic mass is 127. The second-order valence-electron chi connectivity index (χ2n) is 4.67. The summed E-state index contributed by atoms with van der Waals surface area (Å²) in [5.41, 5.74) is 0.959. The van der Waals surface area contributed by atoms with Crippen LogP contribution in [0.1, 0.15) is 19.3 Å². The Hall–Kier alpha value is -0.0100. The zero-order chi connectivity index (χ0) is 13.3. The number of rotatable bonds is 3. The predicted molar refractivity (Wildman–Crippen MR) is 84.1 cm³/mol. The van der Waals surface area contributed by atoms with Crippen LogP contribution in [0.3, 0.4) is 0 Å². The van der Waals surface area contributed by atoms with Crippen LogP contribution >= 0.6 is 34.2 Å². The van der Waals surface area contributed by atoms with Gasteiger partial charge in [0.25, 0.3) is 0 Å². The minimum Gasteiger partial charge on any atom is -0.380 e. The van der Waals surface area contributed by atoms with E-state index in [0.717, 1.165) is 28.5 Å². The number of nitrogens with one attached hydrogen (secondary N) is 1. The summed E-state index contributed by atoms with van der Waals surface area (Å²) < 4.78 is 24.4. The van der Waals surface area contributed by atoms with Crippen LogP contribution < -0.4 is 5.32 Å². The first-order valence-corrected chi connectivity index (χ1v) is 9.19. The van der Waals surface area contributed by atoms with Gasteiger partial charge in [0.15, 0.2) is 9.84 Å². The Morgan fingerprint density at radius 3 is 2.72 bits per heavy atom. The standard InChI is InChI=1S/C12H15ClINO2S/c1-18(16,17)12-4-2-3-11(12)15-10-6-5-8(13)7-9(10)14/h5-7,11-12,15H,2-4H2,1H3. The number of anilines is 1. The topological polar surface area (TPSA) is 46.2 Å². The van der Waals surface area contributed by atoms with E-state index in [4.69, 9.17) is 11.6 Å². The van der Waals surface area contributed by atoms with Crippen LogP contribution in [0.15, 0.2) is 18.2 Å². The Morgan fingerprint density at radius 2 is 2.11 bits per heavy atom. The molecule has 0 saturated heterocycles. The van der Waals surface area contributed by atoms with Crippen molar-refractivity contribution in [3.8, 4) is 0 Å². The highest BCUT2D eigenvalue weighted by Gasteiger charge is 2.34. The first-order chi connectivity index (χ1) is 8.38. The van der Waals surface area contributed by atoms with Gasteiger partial charge in [-0.3, -0.25) is 0 Å². The molecule has 1 aromatic rings. The van der Waals surface area contributed by atoms with E-state index in [1.165, 1.54) is 6.26 Å². The van der Waals surface area contributed by atoms with Crippen LogP contribution in [0.4, 0.5) is 5.69 Å². The Bertz CT molecular complexity index is 547. The minimum absolute atomic E-state index is 0.00897. The quantitative estimate of drug-likeness (QED) is 0.793. The van der Waals surface area contributed by atoms with Crippen molar-refractivity contribution >= 4 is 49.7 Å². The zero-order valence-corrected chi connectivity index (χ0v) is 13.7. The first-order valence-electron chi connectivity index (χ1n) is 5.78. The molecule has 18 heavy (non-hydrogen) atoms. The summed E-state index contributed by atoms with van der Waals surface area (Å²) >= 11 is 8.11. The van der Waals surface area contributed by atoms with Gasteiger partial charge < -0.3 is 5.32 Å². The molecule has 100 valence electrons. The Labute approximate surface area is 126 Å². The molecule has 3 nitrogen and oxygen atoms in total. The van der Waals surface area contributed by atoms with Gasteiger partial charge >= 0.3 is 0 Å². The first kappa shape index (κ1) is 14.4. The molecule has 1 aromatic carbocycles. The third-order valence-electron chi connectivity index (χ3n) is 3.27. The molecule has 2 rings (SSSR count). The molecular formula is C12H15ClINO2S. The van der Waals surface area contributed by atoms with Crippen LogP contribution in [-0.2, 0) is 9.84 Å². The van der Waals surface area contributed by atoms with Crippen LogP contribution in [0, 0.1) is 3.57 Å². The minimum atomic E-state index is -2.98. The second kappa shape index (κ2) is 5.54. The third kappa shape index (κ3) is 3.30. The lowest BCUT2D eigenvalue weighted by Gasteiger charge is -2.21. The van der Waals surface area contributed by atoms with Crippen molar-refractivity contribution in [3.05, 3.63) is 26.8 Å². The smallest absolute Gasteiger partial charge is 0.152 e. The lowest BCUT2D eigenvalue weighted by Crippen LogP contribution is -2.34. The lowest BCUT2D eigenvalue weighted by molar-refractivity contribution is 0.579. The summed E-state index contributed by atoms with van der Waals surface area (Å²) in [4.78, 5) is 0. The van der Waals surface area contributed by atoms with Crippen molar-refractivity contribution < 1.29 is 8.42 Å². The maximum absolute atomic E-state index is 11.7. The van der Waals surface area contributed by atoms with E-state index >= 15 is 0 Å². The molecule has 1 aliphatic carbocycles. The molecule has 0 heterocycles. The SMILES string of the molecule is CS(=O)(=O)C1CCCC1Nc1ccc(Cl)cc1I. The van der Waals surface area contributed by atoms with Gasteiger partial charge in [-0.25, -0.2) is 8.42 Å². The van der Waals surface area contributed by atoms with Gasteiger partial charge in [-0.1, -0.05) is 11.6 Å². The van der Waals surface area contributed by atoms with E-state index < -0.39 is 9.84 Å². The van der Waals surface area contributed by atoms with Gasteiger partial charge in [0.05, 0.1) is 5.25 Å². The van der Waals surface area contributed by atoms with Crippen molar-refractivity contribution in [2.45, 2.75) is 30.6 Å². The molecule has 1 N–H and O–H groups in total. The van der Waals surface area contributed by atoms with Gasteiger partial charge in [0.1, 0.15) is 0 Å². The molecule has 0 spiro atoms. The summed E-state index contributed by atoms with van der Waals surface area (Å²) in [7, 11) is -2.98. The summed E-state index contributed by atoms with van der Waals surface area (Å²) in [6.07, 6.45) is 3.93. The number of hydrogen-bond donors (Lipinski definition) is 1. The molecule has 0 radical (unpaired) electrons. The highest BCUT2D eigenvalue weighted by Crippen LogP contribution is 2.30. The van der Waals surface area contributed by atoms with E-state index in [1.807, 2.05) is 18.2 Å². The molecule has 6 heteroatoms. The normalized spacial score (nSPS) is 24.2. The van der Waals surface area contributed by atoms with Crippen molar-refractivity contribution in [1.29, 1.82) is 0 Å². The van der Waals surface area contributed by atoms with E-state index in [-0.39, 0.29) is 11.3 Å². The van der Waals surface area contributed by atoms with Gasteiger partial charge in [-0.05, 0) is 60.1 Å². The van der Waals surface area contributed by atoms with Gasteiger partial charge in [-0.2, -0.15) is 0 Å². The number of hydrogen-bond acceptors (Lipinski definition) is 3. The average molecular weight is 400 g/mol. The average Bonchev–Trinajstić information content (AvgIpc) is 2.70. The molecule has 2 atom stereocenters.